The molecule has 2 aromatic rings. The van der Waals surface area contributed by atoms with Crippen molar-refractivity contribution in [1.82, 2.24) is 14.7 Å². The van der Waals surface area contributed by atoms with E-state index in [1.54, 1.807) is 21.8 Å². The van der Waals surface area contributed by atoms with E-state index >= 15 is 0 Å². The normalized spacial score (nSPS) is 17.7. The van der Waals surface area contributed by atoms with E-state index in [1.807, 2.05) is 31.2 Å². The summed E-state index contributed by atoms with van der Waals surface area (Å²) in [7, 11) is 0. The van der Waals surface area contributed by atoms with Crippen LogP contribution >= 0.6 is 0 Å². The number of benzene rings is 1. The Morgan fingerprint density at radius 1 is 1.41 bits per heavy atom. The molecule has 1 aromatic heterocycles. The van der Waals surface area contributed by atoms with Crippen molar-refractivity contribution in [2.75, 3.05) is 18.5 Å². The van der Waals surface area contributed by atoms with Crippen LogP contribution < -0.4 is 5.32 Å². The van der Waals surface area contributed by atoms with E-state index in [9.17, 15) is 9.90 Å². The quantitative estimate of drug-likeness (QED) is 0.912. The number of aliphatic hydroxyl groups is 1. The molecule has 6 nitrogen and oxygen atoms in total. The minimum absolute atomic E-state index is 0.00444. The van der Waals surface area contributed by atoms with Gasteiger partial charge in [0.2, 0.25) is 0 Å². The molecular weight excluding hydrogens is 280 g/mol. The number of rotatable bonds is 3. The number of aromatic nitrogens is 2. The van der Waals surface area contributed by atoms with E-state index in [-0.39, 0.29) is 18.7 Å². The molecule has 1 aliphatic heterocycles. The number of carbonyl (C=O) groups excluding carboxylic acids is 1. The van der Waals surface area contributed by atoms with E-state index in [0.29, 0.717) is 12.4 Å². The number of hydrogen-bond donors (Lipinski definition) is 2. The first kappa shape index (κ1) is 14.6. The highest BCUT2D eigenvalue weighted by atomic mass is 16.3. The number of hydrogen-bond acceptors (Lipinski definition) is 3. The van der Waals surface area contributed by atoms with E-state index < -0.39 is 0 Å². The molecule has 0 spiro atoms. The third kappa shape index (κ3) is 2.69. The first-order valence-electron chi connectivity index (χ1n) is 7.49. The molecule has 0 radical (unpaired) electrons. The third-order valence-corrected chi connectivity index (χ3v) is 4.07. The van der Waals surface area contributed by atoms with Crippen molar-refractivity contribution in [3.05, 3.63) is 42.1 Å². The van der Waals surface area contributed by atoms with Crippen molar-refractivity contribution in [2.24, 2.45) is 0 Å². The molecule has 2 N–H and O–H groups in total. The number of carbonyl (C=O) groups is 1. The van der Waals surface area contributed by atoms with Crippen molar-refractivity contribution in [3.8, 4) is 5.69 Å². The molecule has 6 heteroatoms. The van der Waals surface area contributed by atoms with Crippen LogP contribution in [0.2, 0.25) is 0 Å². The molecule has 3 rings (SSSR count). The number of nitrogens with one attached hydrogen (secondary N) is 1. The van der Waals surface area contributed by atoms with Gasteiger partial charge in [-0.05, 0) is 31.4 Å². The molecule has 1 saturated heterocycles. The van der Waals surface area contributed by atoms with Gasteiger partial charge in [-0.15, -0.1) is 0 Å². The van der Waals surface area contributed by atoms with Gasteiger partial charge in [0, 0.05) is 12.6 Å². The lowest BCUT2D eigenvalue weighted by Gasteiger charge is -2.23. The van der Waals surface area contributed by atoms with Crippen molar-refractivity contribution in [3.63, 3.8) is 0 Å². The Morgan fingerprint density at radius 2 is 2.23 bits per heavy atom. The van der Waals surface area contributed by atoms with Gasteiger partial charge in [0.15, 0.2) is 0 Å². The Hall–Kier alpha value is -2.34. The molecule has 0 saturated carbocycles. The largest absolute Gasteiger partial charge is 0.394 e. The van der Waals surface area contributed by atoms with Crippen molar-refractivity contribution in [1.29, 1.82) is 0 Å². The fourth-order valence-electron chi connectivity index (χ4n) is 2.87. The Balaban J connectivity index is 1.81. The highest BCUT2D eigenvalue weighted by Crippen LogP contribution is 2.21. The highest BCUT2D eigenvalue weighted by Gasteiger charge is 2.28. The van der Waals surface area contributed by atoms with Crippen LogP contribution in [0.25, 0.3) is 5.69 Å². The summed E-state index contributed by atoms with van der Waals surface area (Å²) >= 11 is 0. The number of anilines is 1. The first-order chi connectivity index (χ1) is 10.7. The molecule has 22 heavy (non-hydrogen) atoms. The van der Waals surface area contributed by atoms with Gasteiger partial charge in [-0.3, -0.25) is 5.32 Å². The molecule has 0 aliphatic carbocycles. The Kier molecular flexibility index (Phi) is 4.11. The van der Waals surface area contributed by atoms with Crippen LogP contribution in [0.1, 0.15) is 18.4 Å². The van der Waals surface area contributed by atoms with Gasteiger partial charge < -0.3 is 10.0 Å². The maximum atomic E-state index is 12.4. The van der Waals surface area contributed by atoms with Gasteiger partial charge in [0.1, 0.15) is 5.82 Å². The summed E-state index contributed by atoms with van der Waals surface area (Å²) in [6.45, 7) is 2.69. The maximum absolute atomic E-state index is 12.4. The molecule has 1 aliphatic rings. The lowest BCUT2D eigenvalue weighted by molar-refractivity contribution is 0.166. The molecule has 1 atom stereocenters. The van der Waals surface area contributed by atoms with Gasteiger partial charge in [-0.1, -0.05) is 18.2 Å². The molecule has 2 heterocycles. The molecule has 116 valence electrons. The summed E-state index contributed by atoms with van der Waals surface area (Å²) in [5.74, 6) is 0.628. The molecule has 1 unspecified atom stereocenters. The van der Waals surface area contributed by atoms with E-state index in [2.05, 4.69) is 10.4 Å². The lowest BCUT2D eigenvalue weighted by atomic mass is 10.2. The summed E-state index contributed by atoms with van der Waals surface area (Å²) in [5, 5.41) is 16.5. The molecule has 1 fully saturated rings. The SMILES string of the molecule is Cc1ccccc1-n1nccc1NC(=O)N1CCCC1CO. The van der Waals surface area contributed by atoms with Crippen molar-refractivity contribution in [2.45, 2.75) is 25.8 Å². The Labute approximate surface area is 129 Å². The topological polar surface area (TPSA) is 70.4 Å². The van der Waals surface area contributed by atoms with E-state index in [1.165, 1.54) is 0 Å². The lowest BCUT2D eigenvalue weighted by Crippen LogP contribution is -2.40. The average molecular weight is 300 g/mol. The minimum Gasteiger partial charge on any atom is -0.394 e. The van der Waals surface area contributed by atoms with E-state index in [0.717, 1.165) is 24.1 Å². The average Bonchev–Trinajstić information content (AvgIpc) is 3.16. The van der Waals surface area contributed by atoms with Gasteiger partial charge >= 0.3 is 6.03 Å². The zero-order valence-electron chi connectivity index (χ0n) is 12.6. The number of likely N-dealkylation sites (tertiary alicyclic amines) is 1. The standard InChI is InChI=1S/C16H20N4O2/c1-12-5-2-3-7-14(12)20-15(8-9-17-20)18-16(22)19-10-4-6-13(19)11-21/h2-3,5,7-9,13,21H,4,6,10-11H2,1H3,(H,18,22). The second kappa shape index (κ2) is 6.19. The molecule has 2 amide bonds. The van der Waals surface area contributed by atoms with E-state index in [4.69, 9.17) is 0 Å². The second-order valence-electron chi connectivity index (χ2n) is 5.52. The number of nitrogens with zero attached hydrogens (tertiary/aromatic N) is 3. The van der Waals surface area contributed by atoms with Crippen LogP contribution in [0.4, 0.5) is 10.6 Å². The predicted octanol–water partition coefficient (Wildman–Crippen LogP) is 2.17. The van der Waals surface area contributed by atoms with Crippen LogP contribution in [0.3, 0.4) is 0 Å². The number of aryl methyl sites for hydroxylation is 1. The zero-order valence-corrected chi connectivity index (χ0v) is 12.6. The van der Waals surface area contributed by atoms with Crippen LogP contribution in [-0.4, -0.2) is 45.0 Å². The second-order valence-corrected chi connectivity index (χ2v) is 5.52. The molecule has 0 bridgehead atoms. The van der Waals surface area contributed by atoms with Crippen LogP contribution in [0.15, 0.2) is 36.5 Å². The van der Waals surface area contributed by atoms with Crippen molar-refractivity contribution >= 4 is 11.8 Å². The monoisotopic (exact) mass is 300 g/mol. The van der Waals surface area contributed by atoms with Crippen LogP contribution in [0, 0.1) is 6.92 Å². The smallest absolute Gasteiger partial charge is 0.323 e. The Bertz CT molecular complexity index is 668. The summed E-state index contributed by atoms with van der Waals surface area (Å²) in [5.41, 5.74) is 2.01. The van der Waals surface area contributed by atoms with Crippen molar-refractivity contribution < 1.29 is 9.90 Å². The number of aliphatic hydroxyl groups excluding tert-OH is 1. The van der Waals surface area contributed by atoms with Gasteiger partial charge in [0.25, 0.3) is 0 Å². The van der Waals surface area contributed by atoms with Gasteiger partial charge in [-0.2, -0.15) is 5.10 Å². The number of amides is 2. The van der Waals surface area contributed by atoms with Gasteiger partial charge in [-0.25, -0.2) is 9.48 Å². The summed E-state index contributed by atoms with van der Waals surface area (Å²) in [6.07, 6.45) is 3.44. The zero-order chi connectivity index (χ0) is 15.5. The third-order valence-electron chi connectivity index (χ3n) is 4.07. The fraction of sp³-hybridized carbons (Fsp3) is 0.375. The maximum Gasteiger partial charge on any atom is 0.323 e. The summed E-state index contributed by atoms with van der Waals surface area (Å²) in [4.78, 5) is 14.1. The highest BCUT2D eigenvalue weighted by molar-refractivity contribution is 5.89. The predicted molar refractivity (Wildman–Crippen MR) is 84.1 cm³/mol. The van der Waals surface area contributed by atoms with Crippen LogP contribution in [0.5, 0.6) is 0 Å². The number of para-hydroxylation sites is 1. The molecule has 1 aromatic carbocycles. The first-order valence-corrected chi connectivity index (χ1v) is 7.49. The molecular formula is C16H20N4O2. The fourth-order valence-corrected chi connectivity index (χ4v) is 2.87. The Morgan fingerprint density at radius 3 is 3.00 bits per heavy atom. The number of urea groups is 1. The summed E-state index contributed by atoms with van der Waals surface area (Å²) < 4.78 is 1.72. The van der Waals surface area contributed by atoms with Gasteiger partial charge in [0.05, 0.1) is 24.5 Å². The van der Waals surface area contributed by atoms with Crippen LogP contribution in [-0.2, 0) is 0 Å². The minimum atomic E-state index is -0.188. The summed E-state index contributed by atoms with van der Waals surface area (Å²) in [6, 6.07) is 9.37.